The molecule has 1 amide bonds. The summed E-state index contributed by atoms with van der Waals surface area (Å²) in [5.74, 6) is -0.350. The number of carbonyl (C=O) groups is 1. The Morgan fingerprint density at radius 3 is 2.77 bits per heavy atom. The number of aryl methyl sites for hydroxylation is 1. The highest BCUT2D eigenvalue weighted by Crippen LogP contribution is 2.17. The van der Waals surface area contributed by atoms with Gasteiger partial charge >= 0.3 is 0 Å². The Bertz CT molecular complexity index is 294. The summed E-state index contributed by atoms with van der Waals surface area (Å²) in [5, 5.41) is 0. The van der Waals surface area contributed by atoms with Crippen LogP contribution in [0.3, 0.4) is 0 Å². The number of primary amides is 1. The third-order valence-electron chi connectivity index (χ3n) is 1.75. The van der Waals surface area contributed by atoms with Crippen molar-refractivity contribution in [2.24, 2.45) is 11.5 Å². The molecule has 0 aliphatic rings. The van der Waals surface area contributed by atoms with Gasteiger partial charge in [0.05, 0.1) is 4.88 Å². The van der Waals surface area contributed by atoms with Gasteiger partial charge in [-0.2, -0.15) is 0 Å². The molecule has 0 saturated carbocycles. The summed E-state index contributed by atoms with van der Waals surface area (Å²) >= 11 is 1.45. The fourth-order valence-electron chi connectivity index (χ4n) is 1.01. The van der Waals surface area contributed by atoms with Gasteiger partial charge < -0.3 is 11.5 Å². The average Bonchev–Trinajstić information content (AvgIpc) is 2.48. The number of thiophene rings is 1. The summed E-state index contributed by atoms with van der Waals surface area (Å²) in [6, 6.07) is 3.91. The van der Waals surface area contributed by atoms with Gasteiger partial charge in [-0.25, -0.2) is 0 Å². The smallest absolute Gasteiger partial charge is 0.258 e. The molecule has 1 heterocycles. The van der Waals surface area contributed by atoms with Crippen LogP contribution in [0.2, 0.25) is 0 Å². The summed E-state index contributed by atoms with van der Waals surface area (Å²) in [6.07, 6.45) is 1.87. The number of carbonyl (C=O) groups excluding carboxylic acids is 1. The van der Waals surface area contributed by atoms with Crippen molar-refractivity contribution < 1.29 is 4.79 Å². The summed E-state index contributed by atoms with van der Waals surface area (Å²) in [7, 11) is 0. The van der Waals surface area contributed by atoms with Crippen molar-refractivity contribution in [2.45, 2.75) is 25.8 Å². The lowest BCUT2D eigenvalue weighted by Gasteiger charge is -2.01. The van der Waals surface area contributed by atoms with Gasteiger partial charge in [-0.05, 0) is 31.9 Å². The van der Waals surface area contributed by atoms with Crippen LogP contribution < -0.4 is 11.5 Å². The normalized spacial score (nSPS) is 12.8. The molecule has 1 aromatic rings. The molecule has 72 valence electrons. The second-order valence-corrected chi connectivity index (χ2v) is 4.31. The van der Waals surface area contributed by atoms with Gasteiger partial charge in [0, 0.05) is 10.9 Å². The van der Waals surface area contributed by atoms with Gasteiger partial charge in [0.15, 0.2) is 0 Å². The van der Waals surface area contributed by atoms with Crippen molar-refractivity contribution in [2.75, 3.05) is 0 Å². The summed E-state index contributed by atoms with van der Waals surface area (Å²) in [6.45, 7) is 1.97. The minimum Gasteiger partial charge on any atom is -0.365 e. The highest BCUT2D eigenvalue weighted by molar-refractivity contribution is 7.14. The van der Waals surface area contributed by atoms with Gasteiger partial charge in [0.25, 0.3) is 5.91 Å². The van der Waals surface area contributed by atoms with Crippen LogP contribution in [-0.4, -0.2) is 11.9 Å². The Hall–Kier alpha value is -0.870. The third-order valence-corrected chi connectivity index (χ3v) is 2.91. The Labute approximate surface area is 81.7 Å². The van der Waals surface area contributed by atoms with Crippen LogP contribution in [0, 0.1) is 0 Å². The van der Waals surface area contributed by atoms with Crippen LogP contribution in [0.5, 0.6) is 0 Å². The molecule has 1 atom stereocenters. The van der Waals surface area contributed by atoms with E-state index in [9.17, 15) is 4.79 Å². The predicted molar refractivity (Wildman–Crippen MR) is 54.8 cm³/mol. The van der Waals surface area contributed by atoms with Gasteiger partial charge in [0.2, 0.25) is 0 Å². The van der Waals surface area contributed by atoms with E-state index in [2.05, 4.69) is 0 Å². The van der Waals surface area contributed by atoms with Crippen molar-refractivity contribution in [1.29, 1.82) is 0 Å². The maximum Gasteiger partial charge on any atom is 0.258 e. The molecule has 0 aliphatic heterocycles. The van der Waals surface area contributed by atoms with E-state index >= 15 is 0 Å². The Morgan fingerprint density at radius 2 is 2.31 bits per heavy atom. The van der Waals surface area contributed by atoms with E-state index in [0.29, 0.717) is 4.88 Å². The molecule has 0 aliphatic carbocycles. The van der Waals surface area contributed by atoms with Crippen molar-refractivity contribution in [3.05, 3.63) is 21.9 Å². The van der Waals surface area contributed by atoms with Crippen molar-refractivity contribution >= 4 is 17.2 Å². The summed E-state index contributed by atoms with van der Waals surface area (Å²) < 4.78 is 0. The molecule has 0 unspecified atom stereocenters. The Morgan fingerprint density at radius 1 is 1.62 bits per heavy atom. The van der Waals surface area contributed by atoms with E-state index < -0.39 is 0 Å². The lowest BCUT2D eigenvalue weighted by atomic mass is 10.2. The molecule has 13 heavy (non-hydrogen) atoms. The first-order chi connectivity index (χ1) is 6.09. The highest BCUT2D eigenvalue weighted by Gasteiger charge is 2.05. The molecular weight excluding hydrogens is 184 g/mol. The van der Waals surface area contributed by atoms with Gasteiger partial charge in [-0.1, -0.05) is 0 Å². The second kappa shape index (κ2) is 4.39. The first kappa shape index (κ1) is 10.2. The standard InChI is InChI=1S/C9H14N2OS/c1-6(10)2-3-7-4-5-8(13-7)9(11)12/h4-6H,2-3,10H2,1H3,(H2,11,12)/t6-/m1/s1. The number of rotatable bonds is 4. The van der Waals surface area contributed by atoms with E-state index in [0.717, 1.165) is 12.8 Å². The number of nitrogens with two attached hydrogens (primary N) is 2. The van der Waals surface area contributed by atoms with Crippen LogP contribution in [0.1, 0.15) is 27.9 Å². The molecule has 0 fully saturated rings. The fourth-order valence-corrected chi connectivity index (χ4v) is 1.89. The third kappa shape index (κ3) is 3.16. The highest BCUT2D eigenvalue weighted by atomic mass is 32.1. The maximum atomic E-state index is 10.8. The zero-order valence-corrected chi connectivity index (χ0v) is 8.43. The van der Waals surface area contributed by atoms with E-state index in [1.54, 1.807) is 6.07 Å². The lowest BCUT2D eigenvalue weighted by Crippen LogP contribution is -2.14. The molecule has 0 bridgehead atoms. The van der Waals surface area contributed by atoms with Crippen LogP contribution in [0.25, 0.3) is 0 Å². The molecule has 0 spiro atoms. The van der Waals surface area contributed by atoms with Crippen molar-refractivity contribution in [3.8, 4) is 0 Å². The molecule has 4 N–H and O–H groups in total. The Kier molecular flexibility index (Phi) is 3.45. The fraction of sp³-hybridized carbons (Fsp3) is 0.444. The number of hydrogen-bond donors (Lipinski definition) is 2. The summed E-state index contributed by atoms with van der Waals surface area (Å²) in [5.41, 5.74) is 10.7. The van der Waals surface area contributed by atoms with Gasteiger partial charge in [-0.3, -0.25) is 4.79 Å². The molecule has 3 nitrogen and oxygen atoms in total. The molecule has 1 rings (SSSR count). The minimum absolute atomic E-state index is 0.208. The van der Waals surface area contributed by atoms with Gasteiger partial charge in [0.1, 0.15) is 0 Å². The topological polar surface area (TPSA) is 69.1 Å². The maximum absolute atomic E-state index is 10.8. The first-order valence-electron chi connectivity index (χ1n) is 4.23. The monoisotopic (exact) mass is 198 g/mol. The Balaban J connectivity index is 2.54. The largest absolute Gasteiger partial charge is 0.365 e. The van der Waals surface area contributed by atoms with E-state index in [1.807, 2.05) is 13.0 Å². The zero-order valence-electron chi connectivity index (χ0n) is 7.62. The van der Waals surface area contributed by atoms with Crippen LogP contribution in [-0.2, 0) is 6.42 Å². The van der Waals surface area contributed by atoms with E-state index in [-0.39, 0.29) is 11.9 Å². The zero-order chi connectivity index (χ0) is 9.84. The van der Waals surface area contributed by atoms with Crippen LogP contribution >= 0.6 is 11.3 Å². The molecule has 0 radical (unpaired) electrons. The second-order valence-electron chi connectivity index (χ2n) is 3.15. The van der Waals surface area contributed by atoms with Gasteiger partial charge in [-0.15, -0.1) is 11.3 Å². The average molecular weight is 198 g/mol. The lowest BCUT2D eigenvalue weighted by molar-refractivity contribution is 0.100. The molecule has 1 aromatic heterocycles. The summed E-state index contributed by atoms with van der Waals surface area (Å²) in [4.78, 5) is 12.6. The molecule has 4 heteroatoms. The van der Waals surface area contributed by atoms with Crippen LogP contribution in [0.15, 0.2) is 12.1 Å². The quantitative estimate of drug-likeness (QED) is 0.761. The predicted octanol–water partition coefficient (Wildman–Crippen LogP) is 1.13. The van der Waals surface area contributed by atoms with Crippen molar-refractivity contribution in [3.63, 3.8) is 0 Å². The van der Waals surface area contributed by atoms with Crippen LogP contribution in [0.4, 0.5) is 0 Å². The molecular formula is C9H14N2OS. The molecule has 0 aromatic carbocycles. The minimum atomic E-state index is -0.350. The number of hydrogen-bond acceptors (Lipinski definition) is 3. The first-order valence-corrected chi connectivity index (χ1v) is 5.05. The SMILES string of the molecule is C[C@@H](N)CCc1ccc(C(N)=O)s1. The van der Waals surface area contributed by atoms with Crippen molar-refractivity contribution in [1.82, 2.24) is 0 Å². The number of amides is 1. The van der Waals surface area contributed by atoms with E-state index in [4.69, 9.17) is 11.5 Å². The van der Waals surface area contributed by atoms with E-state index in [1.165, 1.54) is 16.2 Å². The molecule has 0 saturated heterocycles.